The Morgan fingerprint density at radius 3 is 2.60 bits per heavy atom. The van der Waals surface area contributed by atoms with E-state index in [1.54, 1.807) is 5.57 Å². The number of aromatic nitrogens is 2. The normalized spacial score (nSPS) is 34.4. The highest BCUT2D eigenvalue weighted by Crippen LogP contribution is 2.67. The molecule has 11 atom stereocenters. The number of anilines is 1. The maximum atomic E-state index is 14.9. The van der Waals surface area contributed by atoms with Crippen LogP contribution in [0.25, 0.3) is 0 Å². The molecule has 0 radical (unpaired) electrons. The number of alkyl halides is 2. The van der Waals surface area contributed by atoms with Gasteiger partial charge in [-0.1, -0.05) is 65.5 Å². The first-order valence-electron chi connectivity index (χ1n) is 21.9. The number of ether oxygens (including phenoxy) is 3. The van der Waals surface area contributed by atoms with E-state index in [1.165, 1.54) is 64.3 Å². The first-order valence-corrected chi connectivity index (χ1v) is 21.9. The van der Waals surface area contributed by atoms with Crippen molar-refractivity contribution < 1.29 is 42.7 Å². The van der Waals surface area contributed by atoms with E-state index >= 15 is 0 Å². The molecular weight excluding hydrogens is 749 g/mol. The van der Waals surface area contributed by atoms with E-state index in [4.69, 9.17) is 14.2 Å². The Bertz CT molecular complexity index is 1690. The minimum absolute atomic E-state index is 0.0346. The number of aliphatic hydroxyl groups excluding tert-OH is 1. The molecule has 6 rings (SSSR count). The van der Waals surface area contributed by atoms with Gasteiger partial charge in [0, 0.05) is 19.2 Å². The number of carbonyl (C=O) groups is 2. The van der Waals surface area contributed by atoms with E-state index in [1.807, 2.05) is 0 Å². The lowest BCUT2D eigenvalue weighted by molar-refractivity contribution is -0.151. The van der Waals surface area contributed by atoms with Gasteiger partial charge in [0.1, 0.15) is 18.5 Å². The van der Waals surface area contributed by atoms with Gasteiger partial charge in [0.2, 0.25) is 12.1 Å². The molecule has 1 saturated heterocycles. The van der Waals surface area contributed by atoms with E-state index in [-0.39, 0.29) is 36.1 Å². The van der Waals surface area contributed by atoms with Crippen LogP contribution >= 0.6 is 0 Å². The summed E-state index contributed by atoms with van der Waals surface area (Å²) in [5.41, 5.74) is 1.17. The van der Waals surface area contributed by atoms with Crippen molar-refractivity contribution in [1.82, 2.24) is 14.9 Å². The first kappa shape index (κ1) is 44.7. The molecule has 324 valence electrons. The van der Waals surface area contributed by atoms with E-state index in [2.05, 4.69) is 56.2 Å². The third kappa shape index (κ3) is 9.52. The Hall–Kier alpha value is -2.88. The predicted octanol–water partition coefficient (Wildman–Crippen LogP) is 6.53. The van der Waals surface area contributed by atoms with E-state index < -0.39 is 49.7 Å². The van der Waals surface area contributed by atoms with Crippen LogP contribution in [0.15, 0.2) is 28.7 Å². The van der Waals surface area contributed by atoms with Gasteiger partial charge >= 0.3 is 24.6 Å². The van der Waals surface area contributed by atoms with Crippen molar-refractivity contribution in [2.24, 2.45) is 46.3 Å². The number of nitrogens with one attached hydrogen (secondary N) is 2. The highest BCUT2D eigenvalue weighted by Gasteiger charge is 2.61. The van der Waals surface area contributed by atoms with Gasteiger partial charge in [-0.3, -0.25) is 14.2 Å². The Labute approximate surface area is 342 Å². The maximum Gasteiger partial charge on any atom is 0.408 e. The summed E-state index contributed by atoms with van der Waals surface area (Å²) in [4.78, 5) is 40.9. The fraction of sp³-hybridized carbons (Fsp3) is 0.814. The quantitative estimate of drug-likeness (QED) is 0.0590. The number of allylic oxidation sites excluding steroid dienone is 1. The number of carbonyl (C=O) groups excluding carboxylic acids is 2. The Morgan fingerprint density at radius 2 is 1.88 bits per heavy atom. The van der Waals surface area contributed by atoms with Crippen LogP contribution in [-0.4, -0.2) is 82.6 Å². The fourth-order valence-electron chi connectivity index (χ4n) is 11.8. The average Bonchev–Trinajstić information content (AvgIpc) is 3.63. The first-order chi connectivity index (χ1) is 27.4. The zero-order chi connectivity index (χ0) is 42.0. The van der Waals surface area contributed by atoms with Gasteiger partial charge in [-0.25, -0.2) is 4.79 Å². The maximum absolute atomic E-state index is 14.9. The van der Waals surface area contributed by atoms with Crippen molar-refractivity contribution >= 4 is 24.7 Å². The number of amides is 1. The molecule has 58 heavy (non-hydrogen) atoms. The second-order valence-electron chi connectivity index (χ2n) is 19.0. The van der Waals surface area contributed by atoms with Crippen molar-refractivity contribution in [2.45, 2.75) is 155 Å². The summed E-state index contributed by atoms with van der Waals surface area (Å²) in [7, 11) is -1.04. The van der Waals surface area contributed by atoms with Gasteiger partial charge in [-0.05, 0) is 111 Å². The molecule has 1 aromatic heterocycles. The topological polar surface area (TPSA) is 161 Å². The molecule has 6 unspecified atom stereocenters. The molecule has 0 aromatic carbocycles. The van der Waals surface area contributed by atoms with Gasteiger partial charge < -0.3 is 34.9 Å². The minimum atomic E-state index is -3.90. The summed E-state index contributed by atoms with van der Waals surface area (Å²) in [5.74, 6) is -0.328. The zero-order valence-electron chi connectivity index (χ0n) is 35.4. The number of esters is 1. The SMILES string of the molecule is CB(O)Nc1ccn(C2OC(COC(=O)CCC(=O)NCCO[C@H]3CC[C@@]4(C)C(=CCC5C4CC[C@@]4(C)C5CC[C@@H]4[C@H](C)CCCC(C)C)C3)C(O)C2(F)F)c(=O)n1. The molecule has 1 amide bonds. The standard InChI is InChI=1S/C43H67BF2N4O8/c1-26(2)8-7-9-27(3)31-12-13-32-30-11-10-28-24-29(16-19-41(28,4)33(30)17-20-42(31,32)5)56-23-21-47-36(51)14-15-37(52)57-25-34-38(53)43(45,46)39(58-34)50-22-18-35(48-40(50)54)49-44(6)55/h10,18,22,26-27,29-34,38-39,53,55H,7-9,11-17,19-21,23-25H2,1-6H3,(H,47,51)(H,48,49,54)/t27-,29+,30?,31-,32?,33?,34?,38?,39?,41+,42-/m1/s1. The van der Waals surface area contributed by atoms with E-state index in [0.717, 1.165) is 61.0 Å². The lowest BCUT2D eigenvalue weighted by atomic mass is 9.47. The fourth-order valence-corrected chi connectivity index (χ4v) is 11.8. The average molecular weight is 817 g/mol. The lowest BCUT2D eigenvalue weighted by Crippen LogP contribution is -2.51. The second-order valence-corrected chi connectivity index (χ2v) is 19.0. The van der Waals surface area contributed by atoms with E-state index in [9.17, 15) is 33.3 Å². The van der Waals surface area contributed by atoms with Crippen LogP contribution in [0.5, 0.6) is 0 Å². The largest absolute Gasteiger partial charge is 0.463 e. The molecule has 1 aliphatic heterocycles. The highest BCUT2D eigenvalue weighted by molar-refractivity contribution is 6.52. The Morgan fingerprint density at radius 1 is 1.10 bits per heavy atom. The van der Waals surface area contributed by atoms with Crippen LogP contribution in [0.3, 0.4) is 0 Å². The number of fused-ring (bicyclic) bond motifs is 5. The van der Waals surface area contributed by atoms with Crippen LogP contribution in [0.2, 0.25) is 6.82 Å². The monoisotopic (exact) mass is 817 g/mol. The molecule has 4 fully saturated rings. The van der Waals surface area contributed by atoms with Crippen LogP contribution in [-0.2, 0) is 23.8 Å². The molecule has 4 aliphatic carbocycles. The van der Waals surface area contributed by atoms with Crippen LogP contribution in [0.4, 0.5) is 14.6 Å². The predicted molar refractivity (Wildman–Crippen MR) is 217 cm³/mol. The molecule has 4 N–H and O–H groups in total. The van der Waals surface area contributed by atoms with Gasteiger partial charge in [-0.2, -0.15) is 13.8 Å². The van der Waals surface area contributed by atoms with Gasteiger partial charge in [0.25, 0.3) is 0 Å². The molecule has 3 saturated carbocycles. The van der Waals surface area contributed by atoms with Crippen LogP contribution in [0.1, 0.15) is 124 Å². The second kappa shape index (κ2) is 18.4. The van der Waals surface area contributed by atoms with E-state index in [0.29, 0.717) is 23.1 Å². The highest BCUT2D eigenvalue weighted by atomic mass is 19.3. The third-order valence-corrected chi connectivity index (χ3v) is 14.8. The molecule has 15 heteroatoms. The van der Waals surface area contributed by atoms with Crippen molar-refractivity contribution in [2.75, 3.05) is 25.0 Å². The number of hydrogen-bond acceptors (Lipinski definition) is 10. The number of aliphatic hydroxyl groups is 1. The molecular formula is C43H67BF2N4O8. The summed E-state index contributed by atoms with van der Waals surface area (Å²) in [6.07, 6.45) is 10.8. The zero-order valence-corrected chi connectivity index (χ0v) is 35.4. The molecule has 0 spiro atoms. The molecule has 0 bridgehead atoms. The van der Waals surface area contributed by atoms with Crippen LogP contribution < -0.4 is 16.2 Å². The number of hydrogen-bond donors (Lipinski definition) is 4. The molecule has 5 aliphatic rings. The number of rotatable bonds is 17. The summed E-state index contributed by atoms with van der Waals surface area (Å²) >= 11 is 0. The van der Waals surface area contributed by atoms with Gasteiger partial charge in [-0.15, -0.1) is 0 Å². The minimum Gasteiger partial charge on any atom is -0.463 e. The summed E-state index contributed by atoms with van der Waals surface area (Å²) in [6, 6.07) is 1.20. The summed E-state index contributed by atoms with van der Waals surface area (Å²) < 4.78 is 46.9. The van der Waals surface area contributed by atoms with Crippen molar-refractivity contribution in [1.29, 1.82) is 0 Å². The number of halogens is 2. The summed E-state index contributed by atoms with van der Waals surface area (Å²) in [5, 5.41) is 24.9. The van der Waals surface area contributed by atoms with Gasteiger partial charge in [0.15, 0.2) is 6.10 Å². The van der Waals surface area contributed by atoms with Crippen LogP contribution in [0, 0.1) is 46.3 Å². The Kier molecular flexibility index (Phi) is 14.2. The van der Waals surface area contributed by atoms with Crippen molar-refractivity contribution in [3.05, 3.63) is 34.4 Å². The molecule has 2 heterocycles. The number of nitrogens with zero attached hydrogens (tertiary/aromatic N) is 2. The smallest absolute Gasteiger partial charge is 0.408 e. The van der Waals surface area contributed by atoms with Crippen molar-refractivity contribution in [3.63, 3.8) is 0 Å². The summed E-state index contributed by atoms with van der Waals surface area (Å²) in [6.45, 7) is 13.7. The van der Waals surface area contributed by atoms with Gasteiger partial charge in [0.05, 0.1) is 19.1 Å². The molecule has 12 nitrogen and oxygen atoms in total. The lowest BCUT2D eigenvalue weighted by Gasteiger charge is -2.58. The Balaban J connectivity index is 0.892. The van der Waals surface area contributed by atoms with Crippen molar-refractivity contribution in [3.8, 4) is 0 Å². The third-order valence-electron chi connectivity index (χ3n) is 14.8. The molecule has 1 aromatic rings.